The van der Waals surface area contributed by atoms with Crippen LogP contribution in [0.5, 0.6) is 0 Å². The molecule has 1 aliphatic rings. The monoisotopic (exact) mass is 172 g/mol. The number of nitrogens with zero attached hydrogens (tertiary/aromatic N) is 1. The van der Waals surface area contributed by atoms with Crippen molar-refractivity contribution in [1.82, 2.24) is 10.4 Å². The fraction of sp³-hybridized carbons (Fsp3) is 1.00. The van der Waals surface area contributed by atoms with E-state index in [0.29, 0.717) is 0 Å². The third-order valence-electron chi connectivity index (χ3n) is 2.49. The fourth-order valence-electron chi connectivity index (χ4n) is 1.84. The Hall–Kier alpha value is -0.120. The highest BCUT2D eigenvalue weighted by atomic mass is 16.6. The predicted octanol–water partition coefficient (Wildman–Crippen LogP) is 0.869. The number of nitrogens with one attached hydrogen (secondary N) is 1. The third kappa shape index (κ3) is 3.52. The average Bonchev–Trinajstić information content (AvgIpc) is 2.05. The number of rotatable bonds is 4. The van der Waals surface area contributed by atoms with Crippen LogP contribution in [0.4, 0.5) is 0 Å². The van der Waals surface area contributed by atoms with Gasteiger partial charge in [0.2, 0.25) is 0 Å². The summed E-state index contributed by atoms with van der Waals surface area (Å²) in [5.74, 6) is 0.845. The Bertz CT molecular complexity index is 119. The number of hydrogen-bond donors (Lipinski definition) is 1. The van der Waals surface area contributed by atoms with Gasteiger partial charge in [-0.25, -0.2) is 5.48 Å². The molecule has 0 aromatic rings. The zero-order valence-electron chi connectivity index (χ0n) is 8.18. The lowest BCUT2D eigenvalue weighted by atomic mass is 9.96. The maximum atomic E-state index is 5.10. The molecule has 1 saturated heterocycles. The van der Waals surface area contributed by atoms with Gasteiger partial charge in [0.05, 0.1) is 6.61 Å². The molecule has 1 atom stereocenters. The van der Waals surface area contributed by atoms with Crippen LogP contribution in [0.15, 0.2) is 0 Å². The molecule has 0 aromatic heterocycles. The second kappa shape index (κ2) is 5.51. The molecular formula is C9H20N2O. The summed E-state index contributed by atoms with van der Waals surface area (Å²) in [6.07, 6.45) is 3.91. The van der Waals surface area contributed by atoms with E-state index in [4.69, 9.17) is 4.84 Å². The molecule has 0 radical (unpaired) electrons. The molecule has 0 aromatic carbocycles. The Labute approximate surface area is 75.0 Å². The van der Waals surface area contributed by atoms with Crippen molar-refractivity contribution in [3.8, 4) is 0 Å². The van der Waals surface area contributed by atoms with Crippen LogP contribution in [0.1, 0.15) is 19.3 Å². The lowest BCUT2D eigenvalue weighted by Gasteiger charge is -2.29. The molecule has 3 nitrogen and oxygen atoms in total. The summed E-state index contributed by atoms with van der Waals surface area (Å²) in [5, 5.41) is 0. The standard InChI is InChI=1S/C9H20N2O/c1-10-12-7-5-9-4-3-6-11(2)8-9/h9-10H,3-8H2,1-2H3. The minimum Gasteiger partial charge on any atom is -0.306 e. The Morgan fingerprint density at radius 3 is 3.08 bits per heavy atom. The van der Waals surface area contributed by atoms with Crippen LogP contribution in [0.2, 0.25) is 0 Å². The first kappa shape index (κ1) is 9.96. The largest absolute Gasteiger partial charge is 0.306 e. The zero-order chi connectivity index (χ0) is 8.81. The van der Waals surface area contributed by atoms with E-state index in [-0.39, 0.29) is 0 Å². The molecular weight excluding hydrogens is 152 g/mol. The highest BCUT2D eigenvalue weighted by Crippen LogP contribution is 2.17. The first-order valence-corrected chi connectivity index (χ1v) is 4.80. The van der Waals surface area contributed by atoms with Gasteiger partial charge < -0.3 is 9.74 Å². The molecule has 1 heterocycles. The molecule has 1 fully saturated rings. The fourth-order valence-corrected chi connectivity index (χ4v) is 1.84. The van der Waals surface area contributed by atoms with Gasteiger partial charge in [-0.1, -0.05) is 0 Å². The van der Waals surface area contributed by atoms with E-state index in [2.05, 4.69) is 17.4 Å². The SMILES string of the molecule is CNOCCC1CCCN(C)C1. The predicted molar refractivity (Wildman–Crippen MR) is 49.8 cm³/mol. The van der Waals surface area contributed by atoms with E-state index in [0.717, 1.165) is 12.5 Å². The smallest absolute Gasteiger partial charge is 0.0685 e. The van der Waals surface area contributed by atoms with Gasteiger partial charge in [0.1, 0.15) is 0 Å². The molecule has 0 bridgehead atoms. The summed E-state index contributed by atoms with van der Waals surface area (Å²) < 4.78 is 0. The van der Waals surface area contributed by atoms with Crippen LogP contribution in [-0.4, -0.2) is 38.7 Å². The lowest BCUT2D eigenvalue weighted by molar-refractivity contribution is 0.0411. The second-order valence-electron chi connectivity index (χ2n) is 3.61. The Morgan fingerprint density at radius 2 is 2.42 bits per heavy atom. The van der Waals surface area contributed by atoms with Crippen molar-refractivity contribution in [2.45, 2.75) is 19.3 Å². The molecule has 72 valence electrons. The zero-order valence-corrected chi connectivity index (χ0v) is 8.18. The minimum atomic E-state index is 0.842. The van der Waals surface area contributed by atoms with Crippen LogP contribution in [0, 0.1) is 5.92 Å². The molecule has 0 saturated carbocycles. The van der Waals surface area contributed by atoms with Crippen molar-refractivity contribution in [2.24, 2.45) is 5.92 Å². The average molecular weight is 172 g/mol. The molecule has 0 amide bonds. The summed E-state index contributed by atoms with van der Waals surface area (Å²) >= 11 is 0. The summed E-state index contributed by atoms with van der Waals surface area (Å²) in [6.45, 7) is 3.35. The van der Waals surface area contributed by atoms with E-state index >= 15 is 0 Å². The maximum absolute atomic E-state index is 5.10. The summed E-state index contributed by atoms with van der Waals surface area (Å²) in [5.41, 5.74) is 2.70. The summed E-state index contributed by atoms with van der Waals surface area (Å²) in [4.78, 5) is 7.51. The molecule has 1 aliphatic heterocycles. The van der Waals surface area contributed by atoms with Gasteiger partial charge in [-0.15, -0.1) is 0 Å². The molecule has 0 spiro atoms. The normalized spacial score (nSPS) is 26.0. The first-order chi connectivity index (χ1) is 5.83. The number of likely N-dealkylation sites (tertiary alicyclic amines) is 1. The number of hydroxylamine groups is 1. The Morgan fingerprint density at radius 1 is 1.58 bits per heavy atom. The van der Waals surface area contributed by atoms with Gasteiger partial charge >= 0.3 is 0 Å². The quantitative estimate of drug-likeness (QED) is 0.503. The van der Waals surface area contributed by atoms with Crippen LogP contribution in [0.25, 0.3) is 0 Å². The lowest BCUT2D eigenvalue weighted by Crippen LogP contribution is -2.32. The summed E-state index contributed by atoms with van der Waals surface area (Å²) in [6, 6.07) is 0. The van der Waals surface area contributed by atoms with Gasteiger partial charge in [0, 0.05) is 13.6 Å². The van der Waals surface area contributed by atoms with Crippen LogP contribution < -0.4 is 5.48 Å². The molecule has 1 rings (SSSR count). The minimum absolute atomic E-state index is 0.842. The molecule has 0 aliphatic carbocycles. The van der Waals surface area contributed by atoms with E-state index in [9.17, 15) is 0 Å². The topological polar surface area (TPSA) is 24.5 Å². The molecule has 3 heteroatoms. The Kier molecular flexibility index (Phi) is 4.58. The van der Waals surface area contributed by atoms with Gasteiger partial charge in [-0.05, 0) is 38.8 Å². The van der Waals surface area contributed by atoms with Crippen molar-refractivity contribution in [1.29, 1.82) is 0 Å². The van der Waals surface area contributed by atoms with E-state index in [1.807, 2.05) is 7.05 Å². The van der Waals surface area contributed by atoms with Crippen molar-refractivity contribution in [2.75, 3.05) is 33.8 Å². The van der Waals surface area contributed by atoms with Crippen LogP contribution in [0.3, 0.4) is 0 Å². The number of piperidine rings is 1. The van der Waals surface area contributed by atoms with Crippen molar-refractivity contribution < 1.29 is 4.84 Å². The van der Waals surface area contributed by atoms with E-state index < -0.39 is 0 Å². The summed E-state index contributed by atoms with van der Waals surface area (Å²) in [7, 11) is 4.01. The van der Waals surface area contributed by atoms with E-state index in [1.165, 1.54) is 32.4 Å². The van der Waals surface area contributed by atoms with E-state index in [1.54, 1.807) is 0 Å². The Balaban J connectivity index is 2.06. The highest BCUT2D eigenvalue weighted by Gasteiger charge is 2.16. The maximum Gasteiger partial charge on any atom is 0.0685 e. The second-order valence-corrected chi connectivity index (χ2v) is 3.61. The van der Waals surface area contributed by atoms with Gasteiger partial charge in [0.25, 0.3) is 0 Å². The number of hydrogen-bond acceptors (Lipinski definition) is 3. The molecule has 1 unspecified atom stereocenters. The van der Waals surface area contributed by atoms with Crippen molar-refractivity contribution in [3.05, 3.63) is 0 Å². The first-order valence-electron chi connectivity index (χ1n) is 4.80. The van der Waals surface area contributed by atoms with Gasteiger partial charge in [-0.3, -0.25) is 0 Å². The third-order valence-corrected chi connectivity index (χ3v) is 2.49. The van der Waals surface area contributed by atoms with Crippen LogP contribution >= 0.6 is 0 Å². The van der Waals surface area contributed by atoms with Crippen molar-refractivity contribution >= 4 is 0 Å². The van der Waals surface area contributed by atoms with Crippen LogP contribution in [-0.2, 0) is 4.84 Å². The molecule has 12 heavy (non-hydrogen) atoms. The highest BCUT2D eigenvalue weighted by molar-refractivity contribution is 4.69. The molecule has 1 N–H and O–H groups in total. The van der Waals surface area contributed by atoms with Gasteiger partial charge in [-0.2, -0.15) is 0 Å². The van der Waals surface area contributed by atoms with Gasteiger partial charge in [0.15, 0.2) is 0 Å². The van der Waals surface area contributed by atoms with Crippen molar-refractivity contribution in [3.63, 3.8) is 0 Å².